The van der Waals surface area contributed by atoms with Gasteiger partial charge in [0.15, 0.2) is 0 Å². The summed E-state index contributed by atoms with van der Waals surface area (Å²) in [7, 11) is -2.03. The number of hydrogen-bond donors (Lipinski definition) is 1. The third-order valence-corrected chi connectivity index (χ3v) is 7.86. The number of ether oxygens (including phenoxy) is 2. The summed E-state index contributed by atoms with van der Waals surface area (Å²) >= 11 is 6.03. The average molecular weight is 475 g/mol. The standard InChI is InChI=1S/C20H31ClN4O5S/c1-14-12-25(13-15(2)30-14)31(27,28)24-9-7-23(8-10-24)16(3)20(26)22-18-11-17(21)5-6-19(18)29-4/h5-6,11,14-16H,7-10,12-13H2,1-4H3,(H,22,26)/t14-,15-,16+/m1/s1. The molecular weight excluding hydrogens is 444 g/mol. The van der Waals surface area contributed by atoms with E-state index in [9.17, 15) is 13.2 Å². The number of carbonyl (C=O) groups excluding carboxylic acids is 1. The number of hydrogen-bond acceptors (Lipinski definition) is 6. The predicted molar refractivity (Wildman–Crippen MR) is 120 cm³/mol. The second-order valence-corrected chi connectivity index (χ2v) is 10.4. The van der Waals surface area contributed by atoms with E-state index in [1.54, 1.807) is 18.2 Å². The predicted octanol–water partition coefficient (Wildman–Crippen LogP) is 1.65. The Labute approximate surface area is 189 Å². The molecule has 1 amide bonds. The van der Waals surface area contributed by atoms with E-state index in [1.807, 2.05) is 25.7 Å². The van der Waals surface area contributed by atoms with Gasteiger partial charge in [-0.2, -0.15) is 17.0 Å². The summed E-state index contributed by atoms with van der Waals surface area (Å²) in [5.74, 6) is 0.322. The highest BCUT2D eigenvalue weighted by Crippen LogP contribution is 2.28. The molecule has 0 radical (unpaired) electrons. The fourth-order valence-corrected chi connectivity index (χ4v) is 5.90. The van der Waals surface area contributed by atoms with Crippen LogP contribution in [0.2, 0.25) is 5.02 Å². The molecule has 2 fully saturated rings. The molecule has 11 heteroatoms. The van der Waals surface area contributed by atoms with Gasteiger partial charge in [0, 0.05) is 44.3 Å². The van der Waals surface area contributed by atoms with Crippen molar-refractivity contribution in [1.82, 2.24) is 13.5 Å². The molecule has 3 atom stereocenters. The lowest BCUT2D eigenvalue weighted by molar-refractivity contribution is -0.121. The van der Waals surface area contributed by atoms with E-state index in [2.05, 4.69) is 5.32 Å². The highest BCUT2D eigenvalue weighted by atomic mass is 35.5. The van der Waals surface area contributed by atoms with Crippen LogP contribution in [0.25, 0.3) is 0 Å². The Kier molecular flexibility index (Phi) is 7.82. The molecule has 2 aliphatic rings. The fraction of sp³-hybridized carbons (Fsp3) is 0.650. The third kappa shape index (κ3) is 5.68. The third-order valence-electron chi connectivity index (χ3n) is 5.66. The Balaban J connectivity index is 1.59. The average Bonchev–Trinajstić information content (AvgIpc) is 2.72. The first-order chi connectivity index (χ1) is 14.6. The Bertz CT molecular complexity index is 882. The lowest BCUT2D eigenvalue weighted by Crippen LogP contribution is -2.58. The van der Waals surface area contributed by atoms with Crippen LogP contribution in [0.3, 0.4) is 0 Å². The van der Waals surface area contributed by atoms with Crippen LogP contribution in [0, 0.1) is 0 Å². The van der Waals surface area contributed by atoms with E-state index in [4.69, 9.17) is 21.1 Å². The SMILES string of the molecule is COc1ccc(Cl)cc1NC(=O)[C@H](C)N1CCN(S(=O)(=O)N2C[C@@H](C)O[C@H](C)C2)CC1. The molecule has 174 valence electrons. The van der Waals surface area contributed by atoms with E-state index in [1.165, 1.54) is 15.7 Å². The second-order valence-electron chi connectivity index (χ2n) is 8.03. The number of carbonyl (C=O) groups is 1. The highest BCUT2D eigenvalue weighted by Gasteiger charge is 2.37. The molecule has 0 aromatic heterocycles. The Morgan fingerprint density at radius 2 is 1.77 bits per heavy atom. The molecular formula is C20H31ClN4O5S. The van der Waals surface area contributed by atoms with E-state index < -0.39 is 16.3 Å². The first-order valence-electron chi connectivity index (χ1n) is 10.4. The van der Waals surface area contributed by atoms with E-state index in [-0.39, 0.29) is 18.1 Å². The van der Waals surface area contributed by atoms with Gasteiger partial charge in [0.2, 0.25) is 5.91 Å². The van der Waals surface area contributed by atoms with Crippen molar-refractivity contribution in [2.24, 2.45) is 0 Å². The van der Waals surface area contributed by atoms with E-state index in [0.717, 1.165) is 0 Å². The first-order valence-corrected chi connectivity index (χ1v) is 12.2. The smallest absolute Gasteiger partial charge is 0.282 e. The van der Waals surface area contributed by atoms with Gasteiger partial charge in [0.1, 0.15) is 5.75 Å². The molecule has 1 N–H and O–H groups in total. The van der Waals surface area contributed by atoms with Crippen LogP contribution in [0.15, 0.2) is 18.2 Å². The summed E-state index contributed by atoms with van der Waals surface area (Å²) < 4.78 is 40.0. The molecule has 0 aliphatic carbocycles. The van der Waals surface area contributed by atoms with E-state index in [0.29, 0.717) is 55.7 Å². The largest absolute Gasteiger partial charge is 0.495 e. The van der Waals surface area contributed by atoms with Crippen LogP contribution in [0.4, 0.5) is 5.69 Å². The van der Waals surface area contributed by atoms with Gasteiger partial charge >= 0.3 is 0 Å². The highest BCUT2D eigenvalue weighted by molar-refractivity contribution is 7.86. The van der Waals surface area contributed by atoms with Gasteiger partial charge in [-0.05, 0) is 39.0 Å². The number of halogens is 1. The van der Waals surface area contributed by atoms with Gasteiger partial charge in [0.25, 0.3) is 10.2 Å². The lowest BCUT2D eigenvalue weighted by atomic mass is 10.2. The number of morpholine rings is 1. The summed E-state index contributed by atoms with van der Waals surface area (Å²) in [6.07, 6.45) is -0.265. The molecule has 0 saturated carbocycles. The van der Waals surface area contributed by atoms with Gasteiger partial charge in [0.05, 0.1) is 31.0 Å². The van der Waals surface area contributed by atoms with E-state index >= 15 is 0 Å². The maximum Gasteiger partial charge on any atom is 0.282 e. The van der Waals surface area contributed by atoms with Crippen molar-refractivity contribution in [3.05, 3.63) is 23.2 Å². The topological polar surface area (TPSA) is 91.4 Å². The van der Waals surface area contributed by atoms with Crippen molar-refractivity contribution in [2.75, 3.05) is 51.7 Å². The van der Waals surface area contributed by atoms with Crippen LogP contribution < -0.4 is 10.1 Å². The molecule has 1 aromatic carbocycles. The van der Waals surface area contributed by atoms with Crippen molar-refractivity contribution in [3.8, 4) is 5.75 Å². The van der Waals surface area contributed by atoms with Gasteiger partial charge in [-0.3, -0.25) is 9.69 Å². The van der Waals surface area contributed by atoms with Crippen molar-refractivity contribution >= 4 is 33.4 Å². The number of anilines is 1. The summed E-state index contributed by atoms with van der Waals surface area (Å²) in [5, 5.41) is 3.35. The quantitative estimate of drug-likeness (QED) is 0.674. The van der Waals surface area contributed by atoms with Crippen LogP contribution >= 0.6 is 11.6 Å². The maximum atomic E-state index is 13.1. The first kappa shape index (κ1) is 24.2. The maximum absolute atomic E-state index is 13.1. The number of rotatable bonds is 6. The van der Waals surface area contributed by atoms with Crippen molar-refractivity contribution in [2.45, 2.75) is 39.0 Å². The van der Waals surface area contributed by atoms with Gasteiger partial charge in [-0.15, -0.1) is 0 Å². The number of amides is 1. The minimum Gasteiger partial charge on any atom is -0.495 e. The Morgan fingerprint density at radius 1 is 1.16 bits per heavy atom. The summed E-state index contributed by atoms with van der Waals surface area (Å²) in [6, 6.07) is 4.59. The number of methoxy groups -OCH3 is 1. The monoisotopic (exact) mass is 474 g/mol. The van der Waals surface area contributed by atoms with Crippen molar-refractivity contribution < 1.29 is 22.7 Å². The zero-order valence-electron chi connectivity index (χ0n) is 18.4. The molecule has 0 bridgehead atoms. The van der Waals surface area contributed by atoms with Crippen LogP contribution in [-0.4, -0.2) is 92.5 Å². The molecule has 9 nitrogen and oxygen atoms in total. The van der Waals surface area contributed by atoms with Crippen LogP contribution in [0.1, 0.15) is 20.8 Å². The zero-order valence-corrected chi connectivity index (χ0v) is 19.9. The molecule has 2 heterocycles. The Morgan fingerprint density at radius 3 is 2.35 bits per heavy atom. The minimum absolute atomic E-state index is 0.132. The lowest BCUT2D eigenvalue weighted by Gasteiger charge is -2.41. The number of piperazine rings is 1. The normalized spacial score (nSPS) is 25.2. The van der Waals surface area contributed by atoms with Crippen molar-refractivity contribution in [1.29, 1.82) is 0 Å². The van der Waals surface area contributed by atoms with Crippen LogP contribution in [-0.2, 0) is 19.7 Å². The second kappa shape index (κ2) is 10.0. The zero-order chi connectivity index (χ0) is 22.8. The summed E-state index contributed by atoms with van der Waals surface area (Å²) in [4.78, 5) is 14.8. The molecule has 0 spiro atoms. The summed E-state index contributed by atoms with van der Waals surface area (Å²) in [6.45, 7) is 7.88. The number of benzene rings is 1. The molecule has 2 saturated heterocycles. The molecule has 2 aliphatic heterocycles. The summed E-state index contributed by atoms with van der Waals surface area (Å²) in [5.41, 5.74) is 0.503. The number of nitrogens with one attached hydrogen (secondary N) is 1. The number of nitrogens with zero attached hydrogens (tertiary/aromatic N) is 3. The minimum atomic E-state index is -3.55. The Hall–Kier alpha value is -1.43. The molecule has 31 heavy (non-hydrogen) atoms. The van der Waals surface area contributed by atoms with Gasteiger partial charge < -0.3 is 14.8 Å². The fourth-order valence-electron chi connectivity index (χ4n) is 3.98. The van der Waals surface area contributed by atoms with Crippen molar-refractivity contribution in [3.63, 3.8) is 0 Å². The van der Waals surface area contributed by atoms with Gasteiger partial charge in [-0.1, -0.05) is 11.6 Å². The van der Waals surface area contributed by atoms with Crippen LogP contribution in [0.5, 0.6) is 5.75 Å². The molecule has 3 rings (SSSR count). The van der Waals surface area contributed by atoms with Gasteiger partial charge in [-0.25, -0.2) is 0 Å². The molecule has 1 aromatic rings. The molecule has 0 unspecified atom stereocenters.